The smallest absolute Gasteiger partial charge is 0.192 e. The van der Waals surface area contributed by atoms with Gasteiger partial charge in [0.2, 0.25) is 0 Å². The van der Waals surface area contributed by atoms with Gasteiger partial charge in [-0.2, -0.15) is 0 Å². The van der Waals surface area contributed by atoms with Gasteiger partial charge in [-0.1, -0.05) is 44.2 Å². The molecule has 3 rings (SSSR count). The number of thiophene rings is 1. The molecule has 0 radical (unpaired) electrons. The Morgan fingerprint density at radius 3 is 2.79 bits per heavy atom. The molecule has 7 heteroatoms. The highest BCUT2D eigenvalue weighted by Crippen LogP contribution is 2.21. The zero-order valence-electron chi connectivity index (χ0n) is 17.4. The first-order valence-corrected chi connectivity index (χ1v) is 11.1. The van der Waals surface area contributed by atoms with Gasteiger partial charge in [0.25, 0.3) is 0 Å². The van der Waals surface area contributed by atoms with E-state index >= 15 is 0 Å². The Morgan fingerprint density at radius 2 is 2.07 bits per heavy atom. The molecule has 0 saturated heterocycles. The number of aryl methyl sites for hydroxylation is 2. The van der Waals surface area contributed by atoms with Crippen molar-refractivity contribution in [2.24, 2.45) is 4.99 Å². The third-order valence-corrected chi connectivity index (χ3v) is 5.92. The van der Waals surface area contributed by atoms with E-state index in [9.17, 15) is 0 Å². The van der Waals surface area contributed by atoms with Gasteiger partial charge in [-0.05, 0) is 35.9 Å². The average Bonchev–Trinajstić information content (AvgIpc) is 3.42. The van der Waals surface area contributed by atoms with E-state index in [1.807, 2.05) is 0 Å². The molecule has 2 heterocycles. The summed E-state index contributed by atoms with van der Waals surface area (Å²) in [5, 5.41) is 17.4. The van der Waals surface area contributed by atoms with Gasteiger partial charge in [0.1, 0.15) is 12.2 Å². The van der Waals surface area contributed by atoms with E-state index in [0.717, 1.165) is 37.7 Å². The number of aliphatic imine (C=N–C) groups is 1. The normalized spacial score (nSPS) is 12.7. The maximum Gasteiger partial charge on any atom is 0.192 e. The molecular weight excluding hydrogens is 380 g/mol. The van der Waals surface area contributed by atoms with Crippen LogP contribution in [0.25, 0.3) is 0 Å². The molecule has 29 heavy (non-hydrogen) atoms. The summed E-state index contributed by atoms with van der Waals surface area (Å²) in [6.45, 7) is 8.63. The summed E-state index contributed by atoms with van der Waals surface area (Å²) in [5.74, 6) is 1.84. The number of nitrogens with zero attached hydrogens (tertiary/aromatic N) is 4. The lowest BCUT2D eigenvalue weighted by molar-refractivity contribution is 0.595. The van der Waals surface area contributed by atoms with E-state index < -0.39 is 0 Å². The quantitative estimate of drug-likeness (QED) is 0.412. The largest absolute Gasteiger partial charge is 0.355 e. The summed E-state index contributed by atoms with van der Waals surface area (Å²) >= 11 is 1.78. The fraction of sp³-hybridized carbons (Fsp3) is 0.409. The summed E-state index contributed by atoms with van der Waals surface area (Å²) in [4.78, 5) is 6.20. The Morgan fingerprint density at radius 1 is 1.21 bits per heavy atom. The van der Waals surface area contributed by atoms with E-state index in [1.54, 1.807) is 17.7 Å². The average molecular weight is 411 g/mol. The van der Waals surface area contributed by atoms with Crippen molar-refractivity contribution in [3.8, 4) is 0 Å². The Bertz CT molecular complexity index is 900. The lowest BCUT2D eigenvalue weighted by Crippen LogP contribution is -2.40. The second-order valence-electron chi connectivity index (χ2n) is 6.93. The first-order valence-electron chi connectivity index (χ1n) is 10.2. The molecule has 1 atom stereocenters. The summed E-state index contributed by atoms with van der Waals surface area (Å²) in [6, 6.07) is 12.9. The molecule has 2 aromatic heterocycles. The van der Waals surface area contributed by atoms with Crippen molar-refractivity contribution in [1.82, 2.24) is 25.4 Å². The zero-order chi connectivity index (χ0) is 20.5. The Kier molecular flexibility index (Phi) is 7.81. The van der Waals surface area contributed by atoms with Crippen molar-refractivity contribution in [1.29, 1.82) is 0 Å². The highest BCUT2D eigenvalue weighted by atomic mass is 32.1. The van der Waals surface area contributed by atoms with Crippen molar-refractivity contribution >= 4 is 17.3 Å². The van der Waals surface area contributed by atoms with Gasteiger partial charge < -0.3 is 15.2 Å². The van der Waals surface area contributed by atoms with E-state index in [2.05, 4.69) is 87.9 Å². The Labute approximate surface area is 177 Å². The molecule has 0 amide bonds. The molecule has 6 nitrogen and oxygen atoms in total. The number of hydrogen-bond donors (Lipinski definition) is 2. The summed E-state index contributed by atoms with van der Waals surface area (Å²) in [5.41, 5.74) is 2.50. The predicted molar refractivity (Wildman–Crippen MR) is 120 cm³/mol. The molecule has 0 bridgehead atoms. The summed E-state index contributed by atoms with van der Waals surface area (Å²) in [7, 11) is 0. The standard InChI is InChI=1S/C22H30N6S/c1-4-19(20-11-8-14-29-20)26-22(24-15-18-10-7-6-9-17(18)3)23-12-13-28-16-25-27-21(28)5-2/h6-11,14,16,19H,4-5,12-13,15H2,1-3H3,(H2,23,24,26). The highest BCUT2D eigenvalue weighted by molar-refractivity contribution is 7.10. The minimum absolute atomic E-state index is 0.249. The van der Waals surface area contributed by atoms with E-state index in [1.165, 1.54) is 16.0 Å². The monoisotopic (exact) mass is 410 g/mol. The van der Waals surface area contributed by atoms with Crippen LogP contribution in [0.3, 0.4) is 0 Å². The van der Waals surface area contributed by atoms with Crippen LogP contribution in [-0.4, -0.2) is 27.3 Å². The lowest BCUT2D eigenvalue weighted by Gasteiger charge is -2.20. The van der Waals surface area contributed by atoms with E-state index in [4.69, 9.17) is 4.99 Å². The first kappa shape index (κ1) is 21.0. The lowest BCUT2D eigenvalue weighted by atomic mass is 10.1. The molecule has 0 aliphatic heterocycles. The zero-order valence-corrected chi connectivity index (χ0v) is 18.2. The van der Waals surface area contributed by atoms with E-state index in [0.29, 0.717) is 6.54 Å². The maximum atomic E-state index is 4.87. The molecule has 0 spiro atoms. The predicted octanol–water partition coefficient (Wildman–Crippen LogP) is 4.10. The van der Waals surface area contributed by atoms with Gasteiger partial charge in [-0.25, -0.2) is 4.99 Å². The topological polar surface area (TPSA) is 67.1 Å². The van der Waals surface area contributed by atoms with Gasteiger partial charge >= 0.3 is 0 Å². The van der Waals surface area contributed by atoms with Gasteiger partial charge in [0, 0.05) is 24.4 Å². The molecule has 0 fully saturated rings. The van der Waals surface area contributed by atoms with Gasteiger partial charge in [-0.3, -0.25) is 0 Å². The molecule has 1 aromatic carbocycles. The van der Waals surface area contributed by atoms with Crippen LogP contribution in [0.5, 0.6) is 0 Å². The van der Waals surface area contributed by atoms with Crippen LogP contribution in [0.2, 0.25) is 0 Å². The van der Waals surface area contributed by atoms with Crippen LogP contribution in [0, 0.1) is 6.92 Å². The number of guanidine groups is 1. The van der Waals surface area contributed by atoms with Crippen LogP contribution >= 0.6 is 11.3 Å². The molecule has 3 aromatic rings. The SMILES string of the molecule is CCc1nncn1CCNC(=NCc1ccccc1C)NC(CC)c1cccs1. The first-order chi connectivity index (χ1) is 14.2. The van der Waals surface area contributed by atoms with Crippen molar-refractivity contribution < 1.29 is 0 Å². The Balaban J connectivity index is 1.69. The van der Waals surface area contributed by atoms with Gasteiger partial charge in [0.05, 0.1) is 12.6 Å². The van der Waals surface area contributed by atoms with Crippen LogP contribution in [0.1, 0.15) is 48.1 Å². The van der Waals surface area contributed by atoms with Crippen molar-refractivity contribution in [2.45, 2.75) is 52.7 Å². The van der Waals surface area contributed by atoms with Crippen molar-refractivity contribution in [3.05, 3.63) is 69.9 Å². The molecule has 1 unspecified atom stereocenters. The number of hydrogen-bond acceptors (Lipinski definition) is 4. The van der Waals surface area contributed by atoms with Crippen LogP contribution < -0.4 is 10.6 Å². The van der Waals surface area contributed by atoms with Crippen LogP contribution in [0.4, 0.5) is 0 Å². The number of aromatic nitrogens is 3. The van der Waals surface area contributed by atoms with Gasteiger partial charge in [0.15, 0.2) is 5.96 Å². The minimum Gasteiger partial charge on any atom is -0.355 e. The second kappa shape index (κ2) is 10.8. The molecule has 2 N–H and O–H groups in total. The van der Waals surface area contributed by atoms with Crippen LogP contribution in [-0.2, 0) is 19.5 Å². The minimum atomic E-state index is 0.249. The summed E-state index contributed by atoms with van der Waals surface area (Å²) in [6.07, 6.45) is 3.67. The highest BCUT2D eigenvalue weighted by Gasteiger charge is 2.12. The molecule has 0 aliphatic rings. The van der Waals surface area contributed by atoms with Crippen LogP contribution in [0.15, 0.2) is 53.1 Å². The third-order valence-electron chi connectivity index (χ3n) is 4.93. The fourth-order valence-electron chi connectivity index (χ4n) is 3.17. The van der Waals surface area contributed by atoms with Gasteiger partial charge in [-0.15, -0.1) is 21.5 Å². The second-order valence-corrected chi connectivity index (χ2v) is 7.91. The number of rotatable bonds is 9. The Hall–Kier alpha value is -2.67. The fourth-order valence-corrected chi connectivity index (χ4v) is 4.03. The molecule has 154 valence electrons. The van der Waals surface area contributed by atoms with E-state index in [-0.39, 0.29) is 6.04 Å². The maximum absolute atomic E-state index is 4.87. The number of benzene rings is 1. The molecule has 0 aliphatic carbocycles. The van der Waals surface area contributed by atoms with Crippen molar-refractivity contribution in [2.75, 3.05) is 6.54 Å². The number of nitrogens with one attached hydrogen (secondary N) is 2. The third kappa shape index (κ3) is 5.90. The van der Waals surface area contributed by atoms with Crippen molar-refractivity contribution in [3.63, 3.8) is 0 Å². The molecule has 0 saturated carbocycles. The molecular formula is C22H30N6S. The summed E-state index contributed by atoms with van der Waals surface area (Å²) < 4.78 is 2.09.